The SMILES string of the molecule is O=C1c2ccccc2C(=O)N1CCCCN1CCC(c2snc3ccccc23)CC1. The van der Waals surface area contributed by atoms with Gasteiger partial charge in [0.25, 0.3) is 11.8 Å². The van der Waals surface area contributed by atoms with Crippen LogP contribution in [0.1, 0.15) is 57.2 Å². The fourth-order valence-electron chi connectivity index (χ4n) is 4.67. The van der Waals surface area contributed by atoms with E-state index in [2.05, 4.69) is 33.5 Å². The number of unbranched alkanes of at least 4 members (excludes halogenated alkanes) is 1. The van der Waals surface area contributed by atoms with E-state index in [0.717, 1.165) is 38.0 Å². The summed E-state index contributed by atoms with van der Waals surface area (Å²) in [6.07, 6.45) is 4.20. The van der Waals surface area contributed by atoms with E-state index < -0.39 is 0 Å². The summed E-state index contributed by atoms with van der Waals surface area (Å²) in [6, 6.07) is 15.6. The van der Waals surface area contributed by atoms with Gasteiger partial charge in [0.2, 0.25) is 0 Å². The van der Waals surface area contributed by atoms with Gasteiger partial charge in [-0.2, -0.15) is 4.37 Å². The third-order valence-electron chi connectivity index (χ3n) is 6.35. The molecule has 1 fully saturated rings. The highest BCUT2D eigenvalue weighted by Crippen LogP contribution is 2.35. The molecule has 1 aromatic heterocycles. The molecule has 2 amide bonds. The molecule has 5 nitrogen and oxygen atoms in total. The highest BCUT2D eigenvalue weighted by atomic mass is 32.1. The maximum absolute atomic E-state index is 12.4. The Bertz CT molecular complexity index is 1050. The monoisotopic (exact) mass is 419 g/mol. The number of likely N-dealkylation sites (tertiary alicyclic amines) is 1. The fraction of sp³-hybridized carbons (Fsp3) is 0.375. The number of carbonyl (C=O) groups excluding carboxylic acids is 2. The molecule has 2 aliphatic rings. The number of rotatable bonds is 6. The maximum atomic E-state index is 12.4. The van der Waals surface area contributed by atoms with Gasteiger partial charge >= 0.3 is 0 Å². The highest BCUT2D eigenvalue weighted by molar-refractivity contribution is 7.07. The Morgan fingerprint density at radius 3 is 2.23 bits per heavy atom. The number of nitrogens with zero attached hydrogens (tertiary/aromatic N) is 3. The average molecular weight is 420 g/mol. The molecule has 0 bridgehead atoms. The van der Waals surface area contributed by atoms with Gasteiger partial charge in [0.15, 0.2) is 0 Å². The van der Waals surface area contributed by atoms with Crippen LogP contribution in [0.4, 0.5) is 0 Å². The average Bonchev–Trinajstić information content (AvgIpc) is 3.32. The van der Waals surface area contributed by atoms with Crippen molar-refractivity contribution in [2.45, 2.75) is 31.6 Å². The van der Waals surface area contributed by atoms with Crippen LogP contribution in [-0.4, -0.2) is 52.2 Å². The molecule has 3 aromatic rings. The van der Waals surface area contributed by atoms with Crippen LogP contribution in [-0.2, 0) is 0 Å². The molecule has 0 aliphatic carbocycles. The van der Waals surface area contributed by atoms with E-state index >= 15 is 0 Å². The second-order valence-electron chi connectivity index (χ2n) is 8.19. The third-order valence-corrected chi connectivity index (χ3v) is 7.39. The van der Waals surface area contributed by atoms with Crippen LogP contribution in [0, 0.1) is 0 Å². The van der Waals surface area contributed by atoms with Crippen molar-refractivity contribution in [3.8, 4) is 0 Å². The van der Waals surface area contributed by atoms with Gasteiger partial charge in [-0.1, -0.05) is 30.3 Å². The second kappa shape index (κ2) is 8.28. The summed E-state index contributed by atoms with van der Waals surface area (Å²) in [6.45, 7) is 3.74. The van der Waals surface area contributed by atoms with Gasteiger partial charge in [0.05, 0.1) is 16.6 Å². The van der Waals surface area contributed by atoms with E-state index in [4.69, 9.17) is 0 Å². The van der Waals surface area contributed by atoms with Gasteiger partial charge < -0.3 is 4.90 Å². The zero-order valence-corrected chi connectivity index (χ0v) is 17.7. The van der Waals surface area contributed by atoms with Gasteiger partial charge in [-0.25, -0.2) is 0 Å². The van der Waals surface area contributed by atoms with E-state index in [1.165, 1.54) is 28.0 Å². The van der Waals surface area contributed by atoms with Crippen LogP contribution in [0.5, 0.6) is 0 Å². The number of aromatic nitrogens is 1. The molecule has 2 aliphatic heterocycles. The molecule has 154 valence electrons. The minimum absolute atomic E-state index is 0.145. The van der Waals surface area contributed by atoms with Crippen LogP contribution in [0.25, 0.3) is 10.9 Å². The molecule has 3 heterocycles. The van der Waals surface area contributed by atoms with E-state index in [9.17, 15) is 9.59 Å². The molecule has 0 atom stereocenters. The molecule has 0 saturated carbocycles. The summed E-state index contributed by atoms with van der Waals surface area (Å²) < 4.78 is 4.61. The van der Waals surface area contributed by atoms with E-state index in [-0.39, 0.29) is 11.8 Å². The molecule has 0 unspecified atom stereocenters. The maximum Gasteiger partial charge on any atom is 0.261 e. The quantitative estimate of drug-likeness (QED) is 0.434. The van der Waals surface area contributed by atoms with Crippen molar-refractivity contribution in [1.29, 1.82) is 0 Å². The standard InChI is InChI=1S/C24H25N3O2S/c28-23-18-7-1-2-8-19(18)24(29)27(23)14-6-5-13-26-15-11-17(12-16-26)22-20-9-3-4-10-21(20)25-30-22/h1-4,7-10,17H,5-6,11-16H2. The number of fused-ring (bicyclic) bond motifs is 2. The van der Waals surface area contributed by atoms with Crippen LogP contribution in [0.2, 0.25) is 0 Å². The van der Waals surface area contributed by atoms with Gasteiger partial charge in [-0.05, 0) is 81.0 Å². The van der Waals surface area contributed by atoms with E-state index in [1.54, 1.807) is 23.7 Å². The predicted octanol–water partition coefficient (Wildman–Crippen LogP) is 4.55. The second-order valence-corrected chi connectivity index (χ2v) is 9.00. The lowest BCUT2D eigenvalue weighted by Crippen LogP contribution is -2.34. The number of hydrogen-bond donors (Lipinski definition) is 0. The Kier molecular flexibility index (Phi) is 5.35. The number of hydrogen-bond acceptors (Lipinski definition) is 5. The number of carbonyl (C=O) groups is 2. The van der Waals surface area contributed by atoms with Crippen molar-refractivity contribution >= 4 is 34.2 Å². The van der Waals surface area contributed by atoms with Crippen molar-refractivity contribution in [1.82, 2.24) is 14.2 Å². The van der Waals surface area contributed by atoms with Crippen LogP contribution in [0.3, 0.4) is 0 Å². The van der Waals surface area contributed by atoms with Crippen LogP contribution in [0.15, 0.2) is 48.5 Å². The first-order valence-electron chi connectivity index (χ1n) is 10.7. The molecule has 0 radical (unpaired) electrons. The zero-order chi connectivity index (χ0) is 20.5. The molecule has 0 N–H and O–H groups in total. The number of piperidine rings is 1. The van der Waals surface area contributed by atoms with Gasteiger partial charge in [-0.3, -0.25) is 14.5 Å². The zero-order valence-electron chi connectivity index (χ0n) is 16.9. The first-order chi connectivity index (χ1) is 14.7. The van der Waals surface area contributed by atoms with Gasteiger partial charge in [0.1, 0.15) is 0 Å². The van der Waals surface area contributed by atoms with Crippen molar-refractivity contribution in [2.75, 3.05) is 26.2 Å². The summed E-state index contributed by atoms with van der Waals surface area (Å²) in [7, 11) is 0. The normalized spacial score (nSPS) is 17.8. The molecule has 30 heavy (non-hydrogen) atoms. The van der Waals surface area contributed by atoms with Crippen molar-refractivity contribution in [3.63, 3.8) is 0 Å². The summed E-state index contributed by atoms with van der Waals surface area (Å²) in [4.78, 5) is 30.2. The molecule has 2 aromatic carbocycles. The topological polar surface area (TPSA) is 53.5 Å². The van der Waals surface area contributed by atoms with Crippen LogP contribution >= 0.6 is 11.5 Å². The first kappa shape index (κ1) is 19.4. The molecule has 1 saturated heterocycles. The largest absolute Gasteiger partial charge is 0.303 e. The van der Waals surface area contributed by atoms with Crippen LogP contribution < -0.4 is 0 Å². The molecular weight excluding hydrogens is 394 g/mol. The lowest BCUT2D eigenvalue weighted by atomic mass is 9.93. The Morgan fingerprint density at radius 1 is 0.867 bits per heavy atom. The number of amides is 2. The van der Waals surface area contributed by atoms with Crippen molar-refractivity contribution in [2.24, 2.45) is 0 Å². The third kappa shape index (κ3) is 3.55. The Labute approximate surface area is 180 Å². The highest BCUT2D eigenvalue weighted by Gasteiger charge is 2.34. The summed E-state index contributed by atoms with van der Waals surface area (Å²) in [5.74, 6) is 0.318. The molecule has 0 spiro atoms. The number of benzene rings is 2. The lowest BCUT2D eigenvalue weighted by molar-refractivity contribution is 0.0649. The molecule has 5 rings (SSSR count). The molecule has 6 heteroatoms. The summed E-state index contributed by atoms with van der Waals surface area (Å²) in [5, 5.41) is 1.32. The van der Waals surface area contributed by atoms with Crippen molar-refractivity contribution < 1.29 is 9.59 Å². The Morgan fingerprint density at radius 2 is 1.50 bits per heavy atom. The summed E-state index contributed by atoms with van der Waals surface area (Å²) in [5.41, 5.74) is 2.20. The minimum Gasteiger partial charge on any atom is -0.303 e. The Hall–Kier alpha value is -2.57. The minimum atomic E-state index is -0.145. The smallest absolute Gasteiger partial charge is 0.261 e. The fourth-order valence-corrected chi connectivity index (χ4v) is 5.68. The van der Waals surface area contributed by atoms with Crippen molar-refractivity contribution in [3.05, 3.63) is 64.5 Å². The summed E-state index contributed by atoms with van der Waals surface area (Å²) >= 11 is 1.66. The Balaban J connectivity index is 1.08. The number of imide groups is 1. The lowest BCUT2D eigenvalue weighted by Gasteiger charge is -2.31. The van der Waals surface area contributed by atoms with Gasteiger partial charge in [0, 0.05) is 16.8 Å². The first-order valence-corrected chi connectivity index (χ1v) is 11.5. The van der Waals surface area contributed by atoms with E-state index in [0.29, 0.717) is 23.6 Å². The predicted molar refractivity (Wildman–Crippen MR) is 119 cm³/mol. The van der Waals surface area contributed by atoms with E-state index in [1.807, 2.05) is 12.1 Å². The van der Waals surface area contributed by atoms with Gasteiger partial charge in [-0.15, -0.1) is 0 Å². The molecular formula is C24H25N3O2S.